The highest BCUT2D eigenvalue weighted by Crippen LogP contribution is 2.31. The Bertz CT molecular complexity index is 941. The van der Waals surface area contributed by atoms with E-state index in [9.17, 15) is 4.79 Å². The van der Waals surface area contributed by atoms with Crippen LogP contribution in [0.4, 0.5) is 16.8 Å². The van der Waals surface area contributed by atoms with Crippen molar-refractivity contribution >= 4 is 34.0 Å². The maximum atomic E-state index is 11.6. The Morgan fingerprint density at radius 2 is 2.15 bits per heavy atom. The van der Waals surface area contributed by atoms with Crippen LogP contribution in [0.15, 0.2) is 42.7 Å². The predicted molar refractivity (Wildman–Crippen MR) is 103 cm³/mol. The van der Waals surface area contributed by atoms with Gasteiger partial charge in [0.25, 0.3) is 0 Å². The molecule has 3 aromatic heterocycles. The summed E-state index contributed by atoms with van der Waals surface area (Å²) in [6, 6.07) is 9.74. The van der Waals surface area contributed by atoms with Crippen molar-refractivity contribution < 1.29 is 4.79 Å². The summed E-state index contributed by atoms with van der Waals surface area (Å²) in [5, 5.41) is 6.90. The molecule has 4 rings (SSSR count). The van der Waals surface area contributed by atoms with Crippen LogP contribution in [0.3, 0.4) is 0 Å². The second-order valence-electron chi connectivity index (χ2n) is 6.03. The molecule has 0 saturated carbocycles. The highest BCUT2D eigenvalue weighted by Gasteiger charge is 2.19. The normalized spacial score (nSPS) is 14.2. The number of nitrogens with zero attached hydrogens (tertiary/aromatic N) is 4. The third-order valence-electron chi connectivity index (χ3n) is 3.98. The monoisotopic (exact) mass is 366 g/mol. The summed E-state index contributed by atoms with van der Waals surface area (Å²) in [7, 11) is 0. The van der Waals surface area contributed by atoms with Crippen LogP contribution in [0.2, 0.25) is 0 Å². The molecule has 2 N–H and O–H groups in total. The van der Waals surface area contributed by atoms with Crippen molar-refractivity contribution in [3.05, 3.63) is 48.3 Å². The Hall–Kier alpha value is -3.00. The smallest absolute Gasteiger partial charge is 0.239 e. The zero-order chi connectivity index (χ0) is 17.9. The van der Waals surface area contributed by atoms with Gasteiger partial charge in [0.15, 0.2) is 5.13 Å². The Labute approximate surface area is 155 Å². The summed E-state index contributed by atoms with van der Waals surface area (Å²) >= 11 is 1.54. The van der Waals surface area contributed by atoms with Gasteiger partial charge < -0.3 is 15.5 Å². The van der Waals surface area contributed by atoms with Gasteiger partial charge in [0.05, 0.1) is 17.1 Å². The molecule has 26 heavy (non-hydrogen) atoms. The van der Waals surface area contributed by atoms with Crippen molar-refractivity contribution in [2.24, 2.45) is 0 Å². The fraction of sp³-hybridized carbons (Fsp3) is 0.222. The molecule has 0 aliphatic carbocycles. The van der Waals surface area contributed by atoms with E-state index in [4.69, 9.17) is 0 Å². The highest BCUT2D eigenvalue weighted by atomic mass is 32.1. The number of nitrogens with one attached hydrogen (secondary N) is 2. The molecule has 0 radical (unpaired) electrons. The number of carbonyl (C=O) groups is 1. The van der Waals surface area contributed by atoms with E-state index in [1.54, 1.807) is 17.5 Å². The predicted octanol–water partition coefficient (Wildman–Crippen LogP) is 2.59. The van der Waals surface area contributed by atoms with Gasteiger partial charge in [0.1, 0.15) is 11.6 Å². The molecule has 0 atom stereocenters. The van der Waals surface area contributed by atoms with Crippen LogP contribution in [0.5, 0.6) is 0 Å². The molecule has 4 heterocycles. The average molecular weight is 366 g/mol. The zero-order valence-corrected chi connectivity index (χ0v) is 15.1. The van der Waals surface area contributed by atoms with Crippen molar-refractivity contribution in [1.29, 1.82) is 0 Å². The fourth-order valence-corrected chi connectivity index (χ4v) is 3.62. The minimum Gasteiger partial charge on any atom is -0.353 e. The standard InChI is InChI=1S/C18H18N6OS/c1-12-5-6-19-16(9-12)23-15-4-2-3-13(22-15)14-10-21-18(26-14)24-8-7-20-17(25)11-24/h2-6,9-10H,7-8,11H2,1H3,(H,20,25)(H,19,22,23). The van der Waals surface area contributed by atoms with Crippen LogP contribution in [0, 0.1) is 6.92 Å². The first-order valence-electron chi connectivity index (χ1n) is 8.32. The van der Waals surface area contributed by atoms with Crippen LogP contribution >= 0.6 is 11.3 Å². The lowest BCUT2D eigenvalue weighted by molar-refractivity contribution is -0.120. The number of hydrogen-bond acceptors (Lipinski definition) is 7. The lowest BCUT2D eigenvalue weighted by Gasteiger charge is -2.25. The summed E-state index contributed by atoms with van der Waals surface area (Å²) < 4.78 is 0. The third-order valence-corrected chi connectivity index (χ3v) is 5.06. The molecule has 7 nitrogen and oxygen atoms in total. The van der Waals surface area contributed by atoms with E-state index >= 15 is 0 Å². The van der Waals surface area contributed by atoms with Crippen molar-refractivity contribution in [3.63, 3.8) is 0 Å². The van der Waals surface area contributed by atoms with Gasteiger partial charge in [-0.15, -0.1) is 0 Å². The molecule has 0 spiro atoms. The summed E-state index contributed by atoms with van der Waals surface area (Å²) in [6.07, 6.45) is 3.58. The molecular formula is C18H18N6OS. The van der Waals surface area contributed by atoms with Gasteiger partial charge in [-0.05, 0) is 36.8 Å². The van der Waals surface area contributed by atoms with Gasteiger partial charge in [-0.25, -0.2) is 15.0 Å². The minimum atomic E-state index is 0.0305. The first-order chi connectivity index (χ1) is 12.7. The van der Waals surface area contributed by atoms with Crippen LogP contribution in [-0.2, 0) is 4.79 Å². The van der Waals surface area contributed by atoms with E-state index in [2.05, 4.69) is 25.6 Å². The second kappa shape index (κ2) is 7.09. The van der Waals surface area contributed by atoms with Crippen LogP contribution in [-0.4, -0.2) is 40.5 Å². The van der Waals surface area contributed by atoms with Gasteiger partial charge in [0.2, 0.25) is 5.91 Å². The Kier molecular flexibility index (Phi) is 4.49. The SMILES string of the molecule is Cc1ccnc(Nc2cccc(-c3cnc(N4CCNC(=O)C4)s3)n2)c1. The first kappa shape index (κ1) is 16.5. The molecule has 0 bridgehead atoms. The molecule has 1 amide bonds. The van der Waals surface area contributed by atoms with Crippen LogP contribution < -0.4 is 15.5 Å². The topological polar surface area (TPSA) is 83.0 Å². The largest absolute Gasteiger partial charge is 0.353 e. The Morgan fingerprint density at radius 3 is 3.00 bits per heavy atom. The van der Waals surface area contributed by atoms with Crippen molar-refractivity contribution in [2.75, 3.05) is 29.9 Å². The molecule has 1 aliphatic heterocycles. The van der Waals surface area contributed by atoms with Gasteiger partial charge in [-0.1, -0.05) is 17.4 Å². The van der Waals surface area contributed by atoms with E-state index in [0.717, 1.165) is 39.4 Å². The van der Waals surface area contributed by atoms with Crippen LogP contribution in [0.1, 0.15) is 5.56 Å². The number of aryl methyl sites for hydroxylation is 1. The van der Waals surface area contributed by atoms with Crippen molar-refractivity contribution in [1.82, 2.24) is 20.3 Å². The number of hydrogen-bond donors (Lipinski definition) is 2. The van der Waals surface area contributed by atoms with E-state index in [1.165, 1.54) is 0 Å². The van der Waals surface area contributed by atoms with E-state index in [1.807, 2.05) is 48.4 Å². The summed E-state index contributed by atoms with van der Waals surface area (Å²) in [5.41, 5.74) is 1.98. The number of amides is 1. The van der Waals surface area contributed by atoms with Gasteiger partial charge >= 0.3 is 0 Å². The molecule has 1 saturated heterocycles. The number of carbonyl (C=O) groups excluding carboxylic acids is 1. The number of aromatic nitrogens is 3. The summed E-state index contributed by atoms with van der Waals surface area (Å²) in [6.45, 7) is 3.79. The molecule has 0 unspecified atom stereocenters. The number of thiazole rings is 1. The molecule has 1 fully saturated rings. The summed E-state index contributed by atoms with van der Waals surface area (Å²) in [4.78, 5) is 28.0. The van der Waals surface area contributed by atoms with E-state index in [0.29, 0.717) is 13.1 Å². The maximum Gasteiger partial charge on any atom is 0.239 e. The van der Waals surface area contributed by atoms with Crippen LogP contribution in [0.25, 0.3) is 10.6 Å². The zero-order valence-electron chi connectivity index (χ0n) is 14.3. The highest BCUT2D eigenvalue weighted by molar-refractivity contribution is 7.18. The number of pyridine rings is 2. The molecule has 1 aliphatic rings. The Morgan fingerprint density at radius 1 is 1.23 bits per heavy atom. The molecule has 8 heteroatoms. The fourth-order valence-electron chi connectivity index (χ4n) is 2.71. The minimum absolute atomic E-state index is 0.0305. The summed E-state index contributed by atoms with van der Waals surface area (Å²) in [5.74, 6) is 1.52. The number of rotatable bonds is 4. The Balaban J connectivity index is 1.54. The molecular weight excluding hydrogens is 348 g/mol. The van der Waals surface area contributed by atoms with Gasteiger partial charge in [-0.2, -0.15) is 0 Å². The van der Waals surface area contributed by atoms with Gasteiger partial charge in [0, 0.05) is 25.5 Å². The van der Waals surface area contributed by atoms with Crippen molar-refractivity contribution in [2.45, 2.75) is 6.92 Å². The molecule has 3 aromatic rings. The van der Waals surface area contributed by atoms with Gasteiger partial charge in [-0.3, -0.25) is 4.79 Å². The third kappa shape index (κ3) is 3.65. The average Bonchev–Trinajstić information content (AvgIpc) is 3.12. The second-order valence-corrected chi connectivity index (χ2v) is 7.04. The number of anilines is 3. The lowest BCUT2D eigenvalue weighted by atomic mass is 10.3. The maximum absolute atomic E-state index is 11.6. The lowest BCUT2D eigenvalue weighted by Crippen LogP contribution is -2.47. The van der Waals surface area contributed by atoms with E-state index in [-0.39, 0.29) is 5.91 Å². The van der Waals surface area contributed by atoms with E-state index < -0.39 is 0 Å². The first-order valence-corrected chi connectivity index (χ1v) is 9.13. The molecule has 132 valence electrons. The molecule has 0 aromatic carbocycles. The quantitative estimate of drug-likeness (QED) is 0.738. The van der Waals surface area contributed by atoms with Crippen molar-refractivity contribution in [3.8, 4) is 10.6 Å². The number of piperazine rings is 1.